The number of nitrogens with zero attached hydrogens (tertiary/aromatic N) is 2. The molecule has 2 aliphatic rings. The molecule has 0 saturated heterocycles. The molecule has 0 unspecified atom stereocenters. The zero-order valence-electron chi connectivity index (χ0n) is 37.1. The fourth-order valence-electron chi connectivity index (χ4n) is 8.76. The van der Waals surface area contributed by atoms with Crippen molar-refractivity contribution in [3.8, 4) is 0 Å². The topological polar surface area (TPSA) is 98.5 Å². The first-order chi connectivity index (χ1) is 27.8. The number of halogens is 1. The number of benzene rings is 2. The van der Waals surface area contributed by atoms with Gasteiger partial charge in [-0.3, -0.25) is 0 Å². The van der Waals surface area contributed by atoms with Crippen LogP contribution in [0, 0.1) is 10.2 Å². The average Bonchev–Trinajstić information content (AvgIpc) is 3.53. The van der Waals surface area contributed by atoms with E-state index < -0.39 is 10.2 Å². The van der Waals surface area contributed by atoms with Crippen LogP contribution in [0.1, 0.15) is 181 Å². The Balaban J connectivity index is 0.00000169. The molecule has 0 spiro atoms. The molecule has 2 heterocycles. The number of allylic oxidation sites excluding steroid dienone is 8. The van der Waals surface area contributed by atoms with Crippen molar-refractivity contribution in [2.45, 2.75) is 181 Å². The van der Waals surface area contributed by atoms with Gasteiger partial charge >= 0.3 is 0 Å². The lowest BCUT2D eigenvalue weighted by molar-refractivity contribution is -2.00. The first-order valence-corrected chi connectivity index (χ1v) is 24.0. The van der Waals surface area contributed by atoms with Gasteiger partial charge in [-0.2, -0.15) is 4.58 Å². The van der Waals surface area contributed by atoms with E-state index in [1.54, 1.807) is 0 Å². The Morgan fingerprint density at radius 1 is 0.534 bits per heavy atom. The largest absolute Gasteiger partial charge is 0.344 e. The lowest BCUT2D eigenvalue weighted by atomic mass is 9.81. The van der Waals surface area contributed by atoms with Crippen LogP contribution in [-0.2, 0) is 10.8 Å². The highest BCUT2D eigenvalue weighted by Crippen LogP contribution is 2.47. The molecule has 0 aromatic heterocycles. The maximum Gasteiger partial charge on any atom is 0.209 e. The summed E-state index contributed by atoms with van der Waals surface area (Å²) in [4.78, 5) is 2.60. The Morgan fingerprint density at radius 2 is 0.983 bits per heavy atom. The summed E-state index contributed by atoms with van der Waals surface area (Å²) in [6.45, 7) is 16.4. The van der Waals surface area contributed by atoms with Crippen LogP contribution >= 0.6 is 0 Å². The molecule has 2 aromatic carbocycles. The zero-order valence-corrected chi connectivity index (χ0v) is 37.9. The van der Waals surface area contributed by atoms with Crippen molar-refractivity contribution < 1.29 is 33.5 Å². The molecule has 4 rings (SSSR count). The van der Waals surface area contributed by atoms with Crippen LogP contribution in [0.5, 0.6) is 0 Å². The van der Waals surface area contributed by atoms with Gasteiger partial charge in [0.1, 0.15) is 6.54 Å². The third-order valence-electron chi connectivity index (χ3n) is 12.0. The molecule has 2 aliphatic heterocycles. The standard InChI is InChI=1S/C51H77N2.ClHO4/c1-7-9-11-13-15-17-19-21-26-34-42-52-46-38-32-30-36-44(46)50(3,4)48(52)40-28-24-23-25-29-41-49-51(5,6)45-37-31-33-39-47(45)53(49)43-35-27-22-20-18-16-14-12-10-8-2;2-1(3,4)5/h23-25,28-33,36-41H,7-22,26-27,34-35,42-43H2,1-6H3;(H,2,3,4,5)/q+1;/p-1. The Labute approximate surface area is 355 Å². The molecule has 0 aliphatic carbocycles. The highest BCUT2D eigenvalue weighted by molar-refractivity contribution is 6.03. The molecule has 0 N–H and O–H groups in total. The van der Waals surface area contributed by atoms with Crippen molar-refractivity contribution in [3.05, 3.63) is 108 Å². The summed E-state index contributed by atoms with van der Waals surface area (Å²) in [5.74, 6) is 0. The molecule has 0 fully saturated rings. The highest BCUT2D eigenvalue weighted by Gasteiger charge is 2.43. The minimum Gasteiger partial charge on any atom is -0.344 e. The van der Waals surface area contributed by atoms with E-state index in [-0.39, 0.29) is 10.8 Å². The van der Waals surface area contributed by atoms with Gasteiger partial charge < -0.3 is 4.90 Å². The highest BCUT2D eigenvalue weighted by atomic mass is 35.7. The summed E-state index contributed by atoms with van der Waals surface area (Å²) in [6.07, 6.45) is 43.3. The third-order valence-corrected chi connectivity index (χ3v) is 12.0. The molecule has 7 heteroatoms. The fraction of sp³-hybridized carbons (Fsp3) is 0.588. The molecule has 0 atom stereocenters. The summed E-state index contributed by atoms with van der Waals surface area (Å²) in [5, 5.41) is 0. The Bertz CT molecular complexity index is 1620. The summed E-state index contributed by atoms with van der Waals surface area (Å²) in [7, 11) is -4.94. The van der Waals surface area contributed by atoms with Crippen LogP contribution in [0.15, 0.2) is 96.8 Å². The summed E-state index contributed by atoms with van der Waals surface area (Å²) < 4.78 is 36.6. The fourth-order valence-corrected chi connectivity index (χ4v) is 8.76. The lowest BCUT2D eigenvalue weighted by Crippen LogP contribution is -2.68. The Morgan fingerprint density at radius 3 is 1.55 bits per heavy atom. The summed E-state index contributed by atoms with van der Waals surface area (Å²) in [5.41, 5.74) is 8.52. The summed E-state index contributed by atoms with van der Waals surface area (Å²) >= 11 is 0. The van der Waals surface area contributed by atoms with Crippen LogP contribution in [-0.4, -0.2) is 23.4 Å². The maximum atomic E-state index is 8.49. The molecule has 322 valence electrons. The van der Waals surface area contributed by atoms with E-state index in [0.29, 0.717) is 0 Å². The average molecular weight is 818 g/mol. The van der Waals surface area contributed by atoms with Crippen molar-refractivity contribution >= 4 is 17.1 Å². The predicted octanol–water partition coefficient (Wildman–Crippen LogP) is 10.5. The number of unbranched alkanes of at least 4 members (excludes halogenated alkanes) is 18. The van der Waals surface area contributed by atoms with Gasteiger partial charge in [-0.25, -0.2) is 18.6 Å². The maximum absolute atomic E-state index is 8.49. The molecular formula is C51H77ClN2O4. The van der Waals surface area contributed by atoms with Gasteiger partial charge in [-0.05, 0) is 44.4 Å². The van der Waals surface area contributed by atoms with Gasteiger partial charge in [0.05, 0.1) is 5.41 Å². The van der Waals surface area contributed by atoms with Gasteiger partial charge in [-0.15, -0.1) is 10.2 Å². The van der Waals surface area contributed by atoms with Crippen LogP contribution in [0.3, 0.4) is 0 Å². The normalized spacial score (nSPS) is 16.6. The van der Waals surface area contributed by atoms with Crippen molar-refractivity contribution in [3.63, 3.8) is 0 Å². The quantitative estimate of drug-likeness (QED) is 0.0535. The summed E-state index contributed by atoms with van der Waals surface area (Å²) in [6, 6.07) is 18.1. The molecule has 6 nitrogen and oxygen atoms in total. The van der Waals surface area contributed by atoms with E-state index in [0.717, 1.165) is 13.1 Å². The molecule has 0 radical (unpaired) electrons. The van der Waals surface area contributed by atoms with Gasteiger partial charge in [-0.1, -0.05) is 204 Å². The molecule has 0 amide bonds. The number of para-hydroxylation sites is 2. The van der Waals surface area contributed by atoms with Crippen LogP contribution in [0.4, 0.5) is 11.4 Å². The van der Waals surface area contributed by atoms with Crippen LogP contribution < -0.4 is 23.5 Å². The first kappa shape index (κ1) is 49.4. The Kier molecular flexibility index (Phi) is 22.4. The number of anilines is 1. The van der Waals surface area contributed by atoms with E-state index in [1.807, 2.05) is 0 Å². The van der Waals surface area contributed by atoms with Crippen molar-refractivity contribution in [1.82, 2.24) is 0 Å². The van der Waals surface area contributed by atoms with E-state index in [4.69, 9.17) is 18.6 Å². The van der Waals surface area contributed by atoms with Crippen molar-refractivity contribution in [1.29, 1.82) is 0 Å². The number of hydrogen-bond donors (Lipinski definition) is 0. The smallest absolute Gasteiger partial charge is 0.209 e. The lowest BCUT2D eigenvalue weighted by Gasteiger charge is -2.27. The van der Waals surface area contributed by atoms with E-state index in [2.05, 4.69) is 142 Å². The van der Waals surface area contributed by atoms with Crippen molar-refractivity contribution in [2.75, 3.05) is 18.0 Å². The monoisotopic (exact) mass is 817 g/mol. The van der Waals surface area contributed by atoms with E-state index in [1.165, 1.54) is 162 Å². The minimum absolute atomic E-state index is 0.000442. The zero-order chi connectivity index (χ0) is 42.3. The van der Waals surface area contributed by atoms with Crippen LogP contribution in [0.2, 0.25) is 0 Å². The Hall–Kier alpha value is -3.00. The predicted molar refractivity (Wildman–Crippen MR) is 235 cm³/mol. The van der Waals surface area contributed by atoms with Gasteiger partial charge in [0.2, 0.25) is 5.69 Å². The minimum atomic E-state index is -4.94. The van der Waals surface area contributed by atoms with E-state index >= 15 is 0 Å². The van der Waals surface area contributed by atoms with Gasteiger partial charge in [0.25, 0.3) is 0 Å². The van der Waals surface area contributed by atoms with E-state index in [9.17, 15) is 0 Å². The first-order valence-electron chi connectivity index (χ1n) is 22.8. The molecular weight excluding hydrogens is 740 g/mol. The molecule has 2 aromatic rings. The molecule has 0 bridgehead atoms. The number of fused-ring (bicyclic) bond motifs is 2. The third kappa shape index (κ3) is 16.6. The van der Waals surface area contributed by atoms with Gasteiger partial charge in [0, 0.05) is 47.5 Å². The molecule has 58 heavy (non-hydrogen) atoms. The van der Waals surface area contributed by atoms with Crippen molar-refractivity contribution in [2.24, 2.45) is 0 Å². The second kappa shape index (κ2) is 26.3. The second-order valence-corrected chi connectivity index (χ2v) is 18.2. The van der Waals surface area contributed by atoms with Crippen LogP contribution in [0.25, 0.3) is 0 Å². The second-order valence-electron chi connectivity index (χ2n) is 17.4. The number of hydrogen-bond acceptors (Lipinski definition) is 5. The number of rotatable bonds is 26. The van der Waals surface area contributed by atoms with Gasteiger partial charge in [0.15, 0.2) is 5.71 Å². The SMILES string of the molecule is CCCCCCCCCCCCN1C(=CC=CC=CC=CC2=[N+](CCCCCCCCCCCC)c3ccccc3C2(C)C)C(C)(C)c2ccccc21.[O-][Cl+3]([O-])([O-])[O-]. The molecule has 0 saturated carbocycles.